The number of methoxy groups -OCH3 is 2. The molecule has 0 spiro atoms. The standard InChI is InChI=1S/C51H72N2O12/c1-9-12-36-22-29(2)21-30(3)23-44(61-7)47-45(62-8)25-32(5)51(60,65-47)48(57)49(58)53-20-11-10-13-39(53)50(59)64-46(33(6)40(54)28-41(36)55)31(4)24-34-14-17-43(42(56)26-34)63-37-15-16-38-35(27-37)18-19-52-38/h9,15-16,18-19,22,24,27,30,32-34,36,39-40,42-47,52,54,56,60H,1,10-14,17,20-21,23,25-26,28H2,2-8H3/b29-22+,31-24?. The van der Waals surface area contributed by atoms with Crippen molar-refractivity contribution in [3.05, 3.63) is 66.4 Å². The van der Waals surface area contributed by atoms with Crippen LogP contribution in [-0.2, 0) is 38.1 Å². The molecule has 1 saturated carbocycles. The van der Waals surface area contributed by atoms with Gasteiger partial charge in [-0.3, -0.25) is 14.4 Å². The van der Waals surface area contributed by atoms with E-state index in [0.29, 0.717) is 62.7 Å². The van der Waals surface area contributed by atoms with Crippen molar-refractivity contribution in [3.63, 3.8) is 0 Å². The number of fused-ring (bicyclic) bond motifs is 4. The maximum Gasteiger partial charge on any atom is 0.329 e. The minimum atomic E-state index is -2.53. The molecule has 14 unspecified atom stereocenters. The number of piperidine rings is 1. The number of Topliss-reactive ketones (excluding diaryl/α,β-unsaturated/α-hetero) is 2. The van der Waals surface area contributed by atoms with Crippen LogP contribution in [0.3, 0.4) is 0 Å². The smallest absolute Gasteiger partial charge is 0.329 e. The second-order valence-corrected chi connectivity index (χ2v) is 19.4. The first-order chi connectivity index (χ1) is 31.0. The van der Waals surface area contributed by atoms with Crippen LogP contribution in [0.15, 0.2) is 66.4 Å². The van der Waals surface area contributed by atoms with Crippen LogP contribution < -0.4 is 4.74 Å². The molecule has 358 valence electrons. The lowest BCUT2D eigenvalue weighted by Gasteiger charge is -2.47. The molecular formula is C51H72N2O12. The molecule has 1 aliphatic carbocycles. The number of aliphatic hydroxyl groups is 3. The molecule has 4 aliphatic rings. The Morgan fingerprint density at radius 1 is 0.954 bits per heavy atom. The number of H-pyrrole nitrogens is 1. The molecule has 2 bridgehead atoms. The molecule has 1 amide bonds. The number of carbonyl (C=O) groups excluding carboxylic acids is 4. The fraction of sp³-hybridized carbons (Fsp3) is 0.647. The Labute approximate surface area is 383 Å². The summed E-state index contributed by atoms with van der Waals surface area (Å²) in [5, 5.41) is 36.3. The van der Waals surface area contributed by atoms with Gasteiger partial charge in [0.15, 0.2) is 0 Å². The molecule has 3 aliphatic heterocycles. The van der Waals surface area contributed by atoms with E-state index >= 15 is 0 Å². The molecule has 1 aromatic heterocycles. The zero-order valence-electron chi connectivity index (χ0n) is 39.3. The Hall–Kier alpha value is -4.18. The van der Waals surface area contributed by atoms with E-state index in [1.807, 2.05) is 56.5 Å². The molecule has 3 fully saturated rings. The number of nitrogens with one attached hydrogen (secondary N) is 1. The fourth-order valence-corrected chi connectivity index (χ4v) is 10.6. The molecule has 14 atom stereocenters. The number of rotatable bonds is 8. The number of ketones is 2. The number of aromatic amines is 1. The number of esters is 1. The Kier molecular flexibility index (Phi) is 17.1. The highest BCUT2D eigenvalue weighted by Crippen LogP contribution is 2.39. The number of allylic oxidation sites excluding steroid dienone is 4. The normalized spacial score (nSPS) is 37.4. The van der Waals surface area contributed by atoms with E-state index in [2.05, 4.69) is 11.6 Å². The van der Waals surface area contributed by atoms with Gasteiger partial charge in [0.05, 0.1) is 24.4 Å². The monoisotopic (exact) mass is 905 g/mol. The minimum absolute atomic E-state index is 0.00220. The number of carbonyl (C=O) groups is 4. The molecule has 4 N–H and O–H groups in total. The number of hydrogen-bond acceptors (Lipinski definition) is 12. The highest BCUT2D eigenvalue weighted by atomic mass is 16.7. The molecule has 6 rings (SSSR count). The Morgan fingerprint density at radius 3 is 2.40 bits per heavy atom. The number of nitrogens with zero attached hydrogens (tertiary/aromatic N) is 1. The summed E-state index contributed by atoms with van der Waals surface area (Å²) in [4.78, 5) is 61.6. The minimum Gasteiger partial charge on any atom is -0.488 e. The molecule has 14 nitrogen and oxygen atoms in total. The second-order valence-electron chi connectivity index (χ2n) is 19.4. The maximum absolute atomic E-state index is 14.5. The van der Waals surface area contributed by atoms with Crippen molar-refractivity contribution in [2.24, 2.45) is 29.6 Å². The lowest BCUT2D eigenvalue weighted by molar-refractivity contribution is -0.302. The van der Waals surface area contributed by atoms with Gasteiger partial charge in [0.1, 0.15) is 35.9 Å². The van der Waals surface area contributed by atoms with Crippen molar-refractivity contribution < 1.29 is 58.2 Å². The summed E-state index contributed by atoms with van der Waals surface area (Å²) in [7, 11) is 3.05. The number of ether oxygens (including phenoxy) is 5. The topological polar surface area (TPSA) is 194 Å². The second kappa shape index (κ2) is 22.1. The average molecular weight is 905 g/mol. The van der Waals surface area contributed by atoms with Crippen molar-refractivity contribution in [1.29, 1.82) is 0 Å². The van der Waals surface area contributed by atoms with Crippen molar-refractivity contribution in [2.75, 3.05) is 20.8 Å². The van der Waals surface area contributed by atoms with Crippen molar-refractivity contribution in [1.82, 2.24) is 9.88 Å². The Bertz CT molecular complexity index is 2060. The van der Waals surface area contributed by atoms with Gasteiger partial charge < -0.3 is 48.9 Å². The van der Waals surface area contributed by atoms with Crippen LogP contribution >= 0.6 is 0 Å². The average Bonchev–Trinajstić information content (AvgIpc) is 3.76. The number of benzene rings is 1. The van der Waals surface area contributed by atoms with Crippen LogP contribution in [0.5, 0.6) is 5.75 Å². The first-order valence-corrected chi connectivity index (χ1v) is 23.6. The lowest BCUT2D eigenvalue weighted by Crippen LogP contribution is -2.64. The molecule has 0 radical (unpaired) electrons. The zero-order valence-corrected chi connectivity index (χ0v) is 39.3. The van der Waals surface area contributed by atoms with E-state index in [-0.39, 0.29) is 43.4 Å². The van der Waals surface area contributed by atoms with Crippen molar-refractivity contribution in [2.45, 2.75) is 160 Å². The highest BCUT2D eigenvalue weighted by Gasteiger charge is 2.56. The summed E-state index contributed by atoms with van der Waals surface area (Å²) in [5.41, 5.74) is 2.56. The summed E-state index contributed by atoms with van der Waals surface area (Å²) >= 11 is 0. The lowest BCUT2D eigenvalue weighted by atomic mass is 9.81. The van der Waals surface area contributed by atoms with Crippen molar-refractivity contribution in [3.8, 4) is 5.75 Å². The Morgan fingerprint density at radius 2 is 1.69 bits per heavy atom. The summed E-state index contributed by atoms with van der Waals surface area (Å²) in [6.45, 7) is 13.1. The van der Waals surface area contributed by atoms with Gasteiger partial charge in [0.25, 0.3) is 11.7 Å². The van der Waals surface area contributed by atoms with Crippen LogP contribution in [0.1, 0.15) is 105 Å². The van der Waals surface area contributed by atoms with E-state index < -0.39 is 90.0 Å². The fourth-order valence-electron chi connectivity index (χ4n) is 10.6. The van der Waals surface area contributed by atoms with Crippen LogP contribution in [0, 0.1) is 29.6 Å². The van der Waals surface area contributed by atoms with Crippen LogP contribution in [-0.4, -0.2) is 124 Å². The van der Waals surface area contributed by atoms with Gasteiger partial charge in [-0.2, -0.15) is 0 Å². The number of aromatic nitrogens is 1. The third kappa shape index (κ3) is 11.7. The van der Waals surface area contributed by atoms with Crippen LogP contribution in [0.4, 0.5) is 0 Å². The van der Waals surface area contributed by atoms with E-state index in [1.54, 1.807) is 26.8 Å². The SMILES string of the molecule is C=CCC1/C=C(\C)CC(C)CC(OC)C2OC(O)(C(=O)C(=O)N3CCCCC3C(=O)OC(C(C)=CC3CCC(Oc4ccc5[nH]ccc5c4)C(O)C3)C(C)C(O)CC1=O)C(C)CC2OC. The van der Waals surface area contributed by atoms with Gasteiger partial charge >= 0.3 is 5.97 Å². The predicted octanol–water partition coefficient (Wildman–Crippen LogP) is 6.55. The van der Waals surface area contributed by atoms with Gasteiger partial charge in [0.2, 0.25) is 5.79 Å². The van der Waals surface area contributed by atoms with E-state index in [9.17, 15) is 34.5 Å². The van der Waals surface area contributed by atoms with E-state index in [4.69, 9.17) is 23.7 Å². The van der Waals surface area contributed by atoms with Gasteiger partial charge in [-0.05, 0) is 120 Å². The summed E-state index contributed by atoms with van der Waals surface area (Å²) in [5.74, 6) is -7.35. The number of amides is 1. The Balaban J connectivity index is 1.30. The number of hydrogen-bond donors (Lipinski definition) is 4. The maximum atomic E-state index is 14.5. The largest absolute Gasteiger partial charge is 0.488 e. The van der Waals surface area contributed by atoms with E-state index in [0.717, 1.165) is 16.5 Å². The molecule has 1 aromatic carbocycles. The molecule has 65 heavy (non-hydrogen) atoms. The van der Waals surface area contributed by atoms with Gasteiger partial charge in [-0.25, -0.2) is 4.79 Å². The molecule has 14 heteroatoms. The van der Waals surface area contributed by atoms with Gasteiger partial charge in [-0.1, -0.05) is 44.6 Å². The first kappa shape index (κ1) is 50.2. The van der Waals surface area contributed by atoms with Gasteiger partial charge in [0, 0.05) is 62.0 Å². The zero-order chi connectivity index (χ0) is 47.2. The predicted molar refractivity (Wildman–Crippen MR) is 245 cm³/mol. The summed E-state index contributed by atoms with van der Waals surface area (Å²) in [6.07, 6.45) is 6.16. The van der Waals surface area contributed by atoms with Gasteiger partial charge in [-0.15, -0.1) is 6.58 Å². The molecular weight excluding hydrogens is 833 g/mol. The third-order valence-electron chi connectivity index (χ3n) is 14.4. The molecule has 2 aromatic rings. The quantitative estimate of drug-likeness (QED) is 0.127. The van der Waals surface area contributed by atoms with Crippen LogP contribution in [0.25, 0.3) is 10.9 Å². The summed E-state index contributed by atoms with van der Waals surface area (Å²) in [6, 6.07) is 6.55. The van der Waals surface area contributed by atoms with Crippen LogP contribution in [0.2, 0.25) is 0 Å². The van der Waals surface area contributed by atoms with E-state index in [1.165, 1.54) is 19.1 Å². The molecule has 4 heterocycles. The number of aliphatic hydroxyl groups excluding tert-OH is 2. The first-order valence-electron chi connectivity index (χ1n) is 23.6. The number of cyclic esters (lactones) is 1. The highest BCUT2D eigenvalue weighted by molar-refractivity contribution is 6.39. The molecule has 2 saturated heterocycles. The third-order valence-corrected chi connectivity index (χ3v) is 14.4. The summed E-state index contributed by atoms with van der Waals surface area (Å²) < 4.78 is 30.6. The van der Waals surface area contributed by atoms with Crippen molar-refractivity contribution >= 4 is 34.3 Å².